The number of hydrogen-bond donors (Lipinski definition) is 1. The van der Waals surface area contributed by atoms with Crippen molar-refractivity contribution in [2.75, 3.05) is 17.3 Å². The van der Waals surface area contributed by atoms with Gasteiger partial charge in [0, 0.05) is 11.4 Å². The molecule has 0 bridgehead atoms. The molecule has 1 saturated carbocycles. The Bertz CT molecular complexity index is 177. The summed E-state index contributed by atoms with van der Waals surface area (Å²) in [4.78, 5) is 11.3. The summed E-state index contributed by atoms with van der Waals surface area (Å²) in [6.07, 6.45) is 5.60. The zero-order valence-electron chi connectivity index (χ0n) is 7.88. The third kappa shape index (κ3) is 3.50. The van der Waals surface area contributed by atoms with Crippen molar-refractivity contribution in [3.8, 4) is 0 Å². The Morgan fingerprint density at radius 3 is 3.00 bits per heavy atom. The van der Waals surface area contributed by atoms with E-state index in [4.69, 9.17) is 0 Å². The van der Waals surface area contributed by atoms with Gasteiger partial charge in [0.2, 0.25) is 5.91 Å². The van der Waals surface area contributed by atoms with Crippen LogP contribution in [0, 0.1) is 5.92 Å². The second-order valence-corrected chi connectivity index (χ2v) is 4.97. The Labute approximate surface area is 92.4 Å². The minimum absolute atomic E-state index is 0.186. The monoisotopic (exact) mass is 265 g/mol. The van der Waals surface area contributed by atoms with Gasteiger partial charge in [-0.1, -0.05) is 22.4 Å². The summed E-state index contributed by atoms with van der Waals surface area (Å²) < 4.78 is 0. The minimum atomic E-state index is 0.186. The van der Waals surface area contributed by atoms with Gasteiger partial charge >= 0.3 is 0 Å². The first-order valence-corrected chi connectivity index (χ1v) is 7.13. The van der Waals surface area contributed by atoms with Crippen LogP contribution in [0.15, 0.2) is 0 Å². The van der Waals surface area contributed by atoms with Crippen molar-refractivity contribution in [2.45, 2.75) is 25.3 Å². The van der Waals surface area contributed by atoms with Gasteiger partial charge in [0.15, 0.2) is 0 Å². The Morgan fingerprint density at radius 1 is 1.62 bits per heavy atom. The number of thioether (sulfide) groups is 1. The predicted molar refractivity (Wildman–Crippen MR) is 61.4 cm³/mol. The topological polar surface area (TPSA) is 29.1 Å². The first kappa shape index (κ1) is 11.4. The van der Waals surface area contributed by atoms with Crippen LogP contribution in [0.25, 0.3) is 0 Å². The molecule has 13 heavy (non-hydrogen) atoms. The van der Waals surface area contributed by atoms with Crippen molar-refractivity contribution < 1.29 is 4.79 Å². The van der Waals surface area contributed by atoms with Gasteiger partial charge in [-0.3, -0.25) is 4.79 Å². The first-order chi connectivity index (χ1) is 6.27. The molecule has 0 aromatic carbocycles. The molecule has 1 aliphatic carbocycles. The number of rotatable bonds is 4. The molecule has 0 saturated heterocycles. The molecule has 0 spiro atoms. The van der Waals surface area contributed by atoms with E-state index >= 15 is 0 Å². The number of halogens is 1. The highest BCUT2D eigenvalue weighted by molar-refractivity contribution is 9.09. The predicted octanol–water partition coefficient (Wildman–Crippen LogP) is 2.03. The summed E-state index contributed by atoms with van der Waals surface area (Å²) in [5.74, 6) is 1.42. The van der Waals surface area contributed by atoms with E-state index in [9.17, 15) is 4.79 Å². The molecule has 2 atom stereocenters. The van der Waals surface area contributed by atoms with E-state index in [0.717, 1.165) is 11.8 Å². The molecule has 1 amide bonds. The summed E-state index contributed by atoms with van der Waals surface area (Å²) in [5.41, 5.74) is 0. The van der Waals surface area contributed by atoms with Crippen LogP contribution in [-0.2, 0) is 4.79 Å². The van der Waals surface area contributed by atoms with Crippen molar-refractivity contribution in [1.29, 1.82) is 0 Å². The van der Waals surface area contributed by atoms with Crippen molar-refractivity contribution >= 4 is 33.6 Å². The summed E-state index contributed by atoms with van der Waals surface area (Å²) in [7, 11) is 0. The van der Waals surface area contributed by atoms with Crippen LogP contribution in [-0.4, -0.2) is 29.3 Å². The maximum absolute atomic E-state index is 11.3. The van der Waals surface area contributed by atoms with Crippen LogP contribution < -0.4 is 5.32 Å². The number of nitrogens with one attached hydrogen (secondary N) is 1. The minimum Gasteiger partial charge on any atom is -0.352 e. The lowest BCUT2D eigenvalue weighted by molar-refractivity contribution is -0.119. The highest BCUT2D eigenvalue weighted by atomic mass is 79.9. The molecule has 76 valence electrons. The van der Waals surface area contributed by atoms with Crippen LogP contribution in [0.4, 0.5) is 0 Å². The number of alkyl halides is 1. The molecule has 0 heterocycles. The average molecular weight is 266 g/mol. The van der Waals surface area contributed by atoms with Crippen LogP contribution >= 0.6 is 27.7 Å². The normalized spacial score (nSPS) is 27.5. The fourth-order valence-electron chi connectivity index (χ4n) is 1.79. The van der Waals surface area contributed by atoms with Gasteiger partial charge in [-0.15, -0.1) is 0 Å². The zero-order chi connectivity index (χ0) is 9.68. The average Bonchev–Trinajstić information content (AvgIpc) is 2.52. The molecular weight excluding hydrogens is 250 g/mol. The third-order valence-electron chi connectivity index (χ3n) is 2.48. The molecule has 1 N–H and O–H groups in total. The molecule has 1 rings (SSSR count). The van der Waals surface area contributed by atoms with E-state index in [1.54, 1.807) is 11.8 Å². The largest absolute Gasteiger partial charge is 0.352 e. The molecule has 0 aromatic rings. The Morgan fingerprint density at radius 2 is 2.38 bits per heavy atom. The van der Waals surface area contributed by atoms with Gasteiger partial charge in [-0.05, 0) is 25.0 Å². The maximum atomic E-state index is 11.3. The zero-order valence-corrected chi connectivity index (χ0v) is 10.3. The Balaban J connectivity index is 2.30. The van der Waals surface area contributed by atoms with E-state index in [1.807, 2.05) is 6.26 Å². The molecule has 1 fully saturated rings. The summed E-state index contributed by atoms with van der Waals surface area (Å²) in [6, 6.07) is 0.416. The maximum Gasteiger partial charge on any atom is 0.230 e. The standard InChI is InChI=1S/C9H16BrNOS/c1-13-6-9(12)11-8-4-2-3-7(8)5-10/h7-8H,2-6H2,1H3,(H,11,12). The van der Waals surface area contributed by atoms with Crippen LogP contribution in [0.1, 0.15) is 19.3 Å². The SMILES string of the molecule is CSCC(=O)NC1CCCC1CBr. The van der Waals surface area contributed by atoms with Crippen LogP contribution in [0.5, 0.6) is 0 Å². The molecule has 1 aliphatic rings. The molecule has 0 aromatic heterocycles. The third-order valence-corrected chi connectivity index (χ3v) is 3.86. The van der Waals surface area contributed by atoms with E-state index in [0.29, 0.717) is 17.7 Å². The summed E-state index contributed by atoms with van der Waals surface area (Å²) in [6.45, 7) is 0. The molecule has 2 nitrogen and oxygen atoms in total. The molecule has 0 aliphatic heterocycles. The highest BCUT2D eigenvalue weighted by Gasteiger charge is 2.27. The Hall–Kier alpha value is 0.300. The van der Waals surface area contributed by atoms with E-state index in [2.05, 4.69) is 21.2 Å². The number of amides is 1. The van der Waals surface area contributed by atoms with Gasteiger partial charge in [-0.2, -0.15) is 11.8 Å². The van der Waals surface area contributed by atoms with Gasteiger partial charge in [0.05, 0.1) is 5.75 Å². The van der Waals surface area contributed by atoms with Crippen molar-refractivity contribution in [1.82, 2.24) is 5.32 Å². The van der Waals surface area contributed by atoms with E-state index in [1.165, 1.54) is 12.8 Å². The van der Waals surface area contributed by atoms with Crippen molar-refractivity contribution in [2.24, 2.45) is 5.92 Å². The van der Waals surface area contributed by atoms with Gasteiger partial charge in [-0.25, -0.2) is 0 Å². The number of carbonyl (C=O) groups is 1. The van der Waals surface area contributed by atoms with Gasteiger partial charge in [0.1, 0.15) is 0 Å². The van der Waals surface area contributed by atoms with E-state index in [-0.39, 0.29) is 5.91 Å². The van der Waals surface area contributed by atoms with Crippen molar-refractivity contribution in [3.63, 3.8) is 0 Å². The Kier molecular flexibility index (Phi) is 5.17. The van der Waals surface area contributed by atoms with Gasteiger partial charge in [0.25, 0.3) is 0 Å². The van der Waals surface area contributed by atoms with E-state index < -0.39 is 0 Å². The lowest BCUT2D eigenvalue weighted by Crippen LogP contribution is -2.38. The summed E-state index contributed by atoms with van der Waals surface area (Å²) in [5, 5.41) is 4.10. The first-order valence-electron chi connectivity index (χ1n) is 4.62. The highest BCUT2D eigenvalue weighted by Crippen LogP contribution is 2.27. The molecule has 2 unspecified atom stereocenters. The number of hydrogen-bond acceptors (Lipinski definition) is 2. The lowest BCUT2D eigenvalue weighted by Gasteiger charge is -2.18. The smallest absolute Gasteiger partial charge is 0.230 e. The quantitative estimate of drug-likeness (QED) is 0.789. The van der Waals surface area contributed by atoms with Gasteiger partial charge < -0.3 is 5.32 Å². The van der Waals surface area contributed by atoms with Crippen molar-refractivity contribution in [3.05, 3.63) is 0 Å². The second-order valence-electron chi connectivity index (χ2n) is 3.45. The number of carbonyl (C=O) groups excluding carboxylic acids is 1. The molecule has 0 radical (unpaired) electrons. The van der Waals surface area contributed by atoms with Crippen LogP contribution in [0.3, 0.4) is 0 Å². The molecular formula is C9H16BrNOS. The second kappa shape index (κ2) is 5.91. The molecule has 4 heteroatoms. The lowest BCUT2D eigenvalue weighted by atomic mass is 10.1. The van der Waals surface area contributed by atoms with Crippen LogP contribution in [0.2, 0.25) is 0 Å². The fraction of sp³-hybridized carbons (Fsp3) is 0.889. The summed E-state index contributed by atoms with van der Waals surface area (Å²) >= 11 is 5.07. The fourth-order valence-corrected chi connectivity index (χ4v) is 2.91.